The van der Waals surface area contributed by atoms with Gasteiger partial charge in [-0.25, -0.2) is 4.90 Å². The number of carbonyl (C=O) groups excluding carboxylic acids is 2. The third-order valence-corrected chi connectivity index (χ3v) is 5.28. The van der Waals surface area contributed by atoms with Crippen LogP contribution in [-0.2, 0) is 16.0 Å². The third kappa shape index (κ3) is 3.47. The zero-order valence-electron chi connectivity index (χ0n) is 12.7. The summed E-state index contributed by atoms with van der Waals surface area (Å²) in [6, 6.07) is 8.38. The van der Waals surface area contributed by atoms with Gasteiger partial charge in [0.25, 0.3) is 5.91 Å². The minimum atomic E-state index is -0.446. The Kier molecular flexibility index (Phi) is 4.80. The number of nitrogens with zero attached hydrogens (tertiary/aromatic N) is 1. The zero-order valence-corrected chi connectivity index (χ0v) is 14.3. The van der Waals surface area contributed by atoms with Crippen LogP contribution in [0.1, 0.15) is 16.9 Å². The highest BCUT2D eigenvalue weighted by molar-refractivity contribution is 7.10. The molecule has 3 rings (SSSR count). The highest BCUT2D eigenvalue weighted by atomic mass is 35.5. The zero-order chi connectivity index (χ0) is 16.4. The van der Waals surface area contributed by atoms with Gasteiger partial charge < -0.3 is 5.32 Å². The van der Waals surface area contributed by atoms with E-state index in [1.54, 1.807) is 35.6 Å². The molecule has 120 valence electrons. The van der Waals surface area contributed by atoms with Crippen LogP contribution in [0.3, 0.4) is 0 Å². The minimum Gasteiger partial charge on any atom is -0.305 e. The van der Waals surface area contributed by atoms with Crippen molar-refractivity contribution in [3.63, 3.8) is 0 Å². The molecule has 0 unspecified atom stereocenters. The molecule has 4 nitrogen and oxygen atoms in total. The van der Waals surface area contributed by atoms with Gasteiger partial charge in [0.1, 0.15) is 0 Å². The maximum atomic E-state index is 12.5. The summed E-state index contributed by atoms with van der Waals surface area (Å²) in [6.45, 7) is 2.76. The predicted molar refractivity (Wildman–Crippen MR) is 93.1 cm³/mol. The summed E-state index contributed by atoms with van der Waals surface area (Å²) in [6.07, 6.45) is 1.06. The van der Waals surface area contributed by atoms with Gasteiger partial charge in [-0.1, -0.05) is 11.6 Å². The topological polar surface area (TPSA) is 49.4 Å². The van der Waals surface area contributed by atoms with Crippen molar-refractivity contribution in [1.82, 2.24) is 5.32 Å². The Morgan fingerprint density at radius 2 is 2.00 bits per heavy atom. The molecule has 0 aliphatic carbocycles. The van der Waals surface area contributed by atoms with Crippen molar-refractivity contribution >= 4 is 40.4 Å². The van der Waals surface area contributed by atoms with Crippen LogP contribution in [0.5, 0.6) is 0 Å². The summed E-state index contributed by atoms with van der Waals surface area (Å²) in [7, 11) is 0. The highest BCUT2D eigenvalue weighted by Crippen LogP contribution is 2.24. The molecule has 1 saturated heterocycles. The monoisotopic (exact) mass is 348 g/mol. The molecular formula is C17H17ClN2O2S. The van der Waals surface area contributed by atoms with E-state index in [1.807, 2.05) is 0 Å². The van der Waals surface area contributed by atoms with E-state index in [1.165, 1.54) is 15.3 Å². The summed E-state index contributed by atoms with van der Waals surface area (Å²) in [5, 5.41) is 5.85. The second-order valence-corrected chi connectivity index (χ2v) is 6.97. The molecule has 1 aromatic heterocycles. The maximum absolute atomic E-state index is 12.5. The van der Waals surface area contributed by atoms with E-state index < -0.39 is 6.04 Å². The van der Waals surface area contributed by atoms with Crippen molar-refractivity contribution in [1.29, 1.82) is 0 Å². The fraction of sp³-hybridized carbons (Fsp3) is 0.294. The smallest absolute Gasteiger partial charge is 0.251 e. The summed E-state index contributed by atoms with van der Waals surface area (Å²) in [5.74, 6) is -0.373. The van der Waals surface area contributed by atoms with Crippen LogP contribution in [0.4, 0.5) is 5.69 Å². The Morgan fingerprint density at radius 3 is 2.65 bits per heavy atom. The summed E-state index contributed by atoms with van der Waals surface area (Å²) >= 11 is 7.57. The molecule has 1 fully saturated rings. The van der Waals surface area contributed by atoms with Crippen molar-refractivity contribution in [2.24, 2.45) is 0 Å². The van der Waals surface area contributed by atoms with Crippen LogP contribution in [0.15, 0.2) is 35.7 Å². The molecule has 1 aliphatic rings. The van der Waals surface area contributed by atoms with Crippen molar-refractivity contribution < 1.29 is 9.59 Å². The standard InChI is InChI=1S/C17H17ClN2O2S/c1-11-7-9-23-15(11)6-8-19-14-10-16(21)20(17(14)22)13-4-2-12(18)3-5-13/h2-5,7,9,14,19H,6,8,10H2,1H3/t14-/m0/s1. The Balaban J connectivity index is 1.62. The van der Waals surface area contributed by atoms with Crippen LogP contribution < -0.4 is 10.2 Å². The quantitative estimate of drug-likeness (QED) is 0.844. The van der Waals surface area contributed by atoms with Gasteiger partial charge in [-0.3, -0.25) is 9.59 Å². The second-order valence-electron chi connectivity index (χ2n) is 5.53. The van der Waals surface area contributed by atoms with Gasteiger partial charge in [-0.15, -0.1) is 11.3 Å². The summed E-state index contributed by atoms with van der Waals surface area (Å²) in [5.41, 5.74) is 1.84. The van der Waals surface area contributed by atoms with Crippen molar-refractivity contribution in [3.05, 3.63) is 51.2 Å². The number of benzene rings is 1. The first kappa shape index (κ1) is 16.2. The molecular weight excluding hydrogens is 332 g/mol. The molecule has 0 radical (unpaired) electrons. The Bertz CT molecular complexity index is 726. The number of anilines is 1. The Morgan fingerprint density at radius 1 is 1.26 bits per heavy atom. The van der Waals surface area contributed by atoms with Crippen LogP contribution in [0.25, 0.3) is 0 Å². The van der Waals surface area contributed by atoms with Crippen molar-refractivity contribution in [3.8, 4) is 0 Å². The molecule has 1 atom stereocenters. The molecule has 1 N–H and O–H groups in total. The lowest BCUT2D eigenvalue weighted by Gasteiger charge is -2.15. The average molecular weight is 349 g/mol. The molecule has 1 aliphatic heterocycles. The third-order valence-electron chi connectivity index (χ3n) is 3.94. The van der Waals surface area contributed by atoms with Gasteiger partial charge in [-0.2, -0.15) is 0 Å². The molecule has 2 heterocycles. The number of carbonyl (C=O) groups is 2. The summed E-state index contributed by atoms with van der Waals surface area (Å²) in [4.78, 5) is 27.2. The number of hydrogen-bond acceptors (Lipinski definition) is 4. The molecule has 6 heteroatoms. The van der Waals surface area contributed by atoms with Gasteiger partial charge in [0.15, 0.2) is 0 Å². The first-order chi connectivity index (χ1) is 11.1. The molecule has 0 saturated carbocycles. The van der Waals surface area contributed by atoms with Crippen molar-refractivity contribution in [2.45, 2.75) is 25.8 Å². The van der Waals surface area contributed by atoms with Gasteiger partial charge in [0.05, 0.1) is 18.2 Å². The first-order valence-electron chi connectivity index (χ1n) is 7.45. The van der Waals surface area contributed by atoms with E-state index in [-0.39, 0.29) is 18.2 Å². The van der Waals surface area contributed by atoms with Gasteiger partial charge >= 0.3 is 0 Å². The Labute approximate surface area is 144 Å². The SMILES string of the molecule is Cc1ccsc1CCN[C@H]1CC(=O)N(c2ccc(Cl)cc2)C1=O. The Hall–Kier alpha value is -1.69. The van der Waals surface area contributed by atoms with E-state index >= 15 is 0 Å². The fourth-order valence-corrected chi connectivity index (χ4v) is 3.71. The first-order valence-corrected chi connectivity index (χ1v) is 8.71. The van der Waals surface area contributed by atoms with Gasteiger partial charge in [-0.05, 0) is 54.6 Å². The van der Waals surface area contributed by atoms with Gasteiger partial charge in [0, 0.05) is 16.4 Å². The maximum Gasteiger partial charge on any atom is 0.251 e. The van der Waals surface area contributed by atoms with E-state index in [2.05, 4.69) is 23.7 Å². The van der Waals surface area contributed by atoms with E-state index in [0.717, 1.165) is 6.42 Å². The largest absolute Gasteiger partial charge is 0.305 e. The second kappa shape index (κ2) is 6.83. The molecule has 0 spiro atoms. The highest BCUT2D eigenvalue weighted by Gasteiger charge is 2.39. The van der Waals surface area contributed by atoms with E-state index in [4.69, 9.17) is 11.6 Å². The van der Waals surface area contributed by atoms with Crippen molar-refractivity contribution in [2.75, 3.05) is 11.4 Å². The number of nitrogens with one attached hydrogen (secondary N) is 1. The molecule has 2 amide bonds. The lowest BCUT2D eigenvalue weighted by atomic mass is 10.2. The minimum absolute atomic E-state index is 0.179. The number of rotatable bonds is 5. The van der Waals surface area contributed by atoms with Crippen LogP contribution in [0.2, 0.25) is 5.02 Å². The number of amides is 2. The normalized spacial score (nSPS) is 18.0. The number of aryl methyl sites for hydroxylation is 1. The van der Waals surface area contributed by atoms with E-state index in [9.17, 15) is 9.59 Å². The van der Waals surface area contributed by atoms with Crippen LogP contribution in [-0.4, -0.2) is 24.4 Å². The predicted octanol–water partition coefficient (Wildman–Crippen LogP) is 3.17. The molecule has 23 heavy (non-hydrogen) atoms. The number of hydrogen-bond donors (Lipinski definition) is 1. The number of thiophene rings is 1. The van der Waals surface area contributed by atoms with E-state index in [0.29, 0.717) is 17.3 Å². The molecule has 1 aromatic carbocycles. The van der Waals surface area contributed by atoms with Crippen LogP contribution in [0, 0.1) is 6.92 Å². The fourth-order valence-electron chi connectivity index (χ4n) is 2.67. The molecule has 2 aromatic rings. The number of imide groups is 1. The van der Waals surface area contributed by atoms with Crippen LogP contribution >= 0.6 is 22.9 Å². The molecule has 0 bridgehead atoms. The lowest BCUT2D eigenvalue weighted by molar-refractivity contribution is -0.121. The number of halogens is 1. The average Bonchev–Trinajstić information content (AvgIpc) is 3.05. The summed E-state index contributed by atoms with van der Waals surface area (Å²) < 4.78 is 0. The lowest BCUT2D eigenvalue weighted by Crippen LogP contribution is -2.39. The van der Waals surface area contributed by atoms with Gasteiger partial charge in [0.2, 0.25) is 5.91 Å².